The van der Waals surface area contributed by atoms with E-state index in [9.17, 15) is 14.4 Å². The van der Waals surface area contributed by atoms with Crippen molar-refractivity contribution in [1.29, 1.82) is 0 Å². The van der Waals surface area contributed by atoms with Crippen molar-refractivity contribution < 1.29 is 19.5 Å². The van der Waals surface area contributed by atoms with Crippen molar-refractivity contribution in [1.82, 2.24) is 10.6 Å². The molecule has 6 nitrogen and oxygen atoms in total. The van der Waals surface area contributed by atoms with E-state index >= 15 is 0 Å². The molecule has 0 bridgehead atoms. The Morgan fingerprint density at radius 3 is 2.45 bits per heavy atom. The van der Waals surface area contributed by atoms with Gasteiger partial charge in [0.25, 0.3) is 5.91 Å². The van der Waals surface area contributed by atoms with Crippen molar-refractivity contribution in [3.63, 3.8) is 0 Å². The number of Topliss-reactive ketones (excluding diaryl/α,β-unsaturated/α-hetero) is 1. The highest BCUT2D eigenvalue weighted by molar-refractivity contribution is 5.97. The van der Waals surface area contributed by atoms with E-state index < -0.39 is 5.97 Å². The van der Waals surface area contributed by atoms with Crippen LogP contribution in [0.15, 0.2) is 24.3 Å². The molecule has 0 unspecified atom stereocenters. The first-order valence-electron chi connectivity index (χ1n) is 7.25. The molecule has 3 N–H and O–H groups in total. The van der Waals surface area contributed by atoms with Gasteiger partial charge >= 0.3 is 5.97 Å². The Labute approximate surface area is 129 Å². The number of carboxylic acid groups (broad SMARTS) is 1. The molecule has 6 heteroatoms. The molecule has 0 heterocycles. The van der Waals surface area contributed by atoms with E-state index in [-0.39, 0.29) is 23.3 Å². The van der Waals surface area contributed by atoms with E-state index in [4.69, 9.17) is 5.11 Å². The number of carboxylic acids is 1. The molecular formula is C16H22N2O4. The molecule has 0 aliphatic carbocycles. The minimum Gasteiger partial charge on any atom is -0.478 e. The molecule has 0 radical (unpaired) electrons. The Hall–Kier alpha value is -2.21. The van der Waals surface area contributed by atoms with Gasteiger partial charge in [-0.1, -0.05) is 6.07 Å². The molecule has 0 aromatic heterocycles. The van der Waals surface area contributed by atoms with Crippen LogP contribution >= 0.6 is 0 Å². The summed E-state index contributed by atoms with van der Waals surface area (Å²) in [5.41, 5.74) is 0.419. The molecule has 0 aliphatic rings. The first-order valence-corrected chi connectivity index (χ1v) is 7.25. The number of amides is 1. The average Bonchev–Trinajstić information content (AvgIpc) is 2.50. The zero-order valence-corrected chi connectivity index (χ0v) is 12.9. The predicted molar refractivity (Wildman–Crippen MR) is 83.1 cm³/mol. The fourth-order valence-corrected chi connectivity index (χ4v) is 2.12. The lowest BCUT2D eigenvalue weighted by Gasteiger charge is -2.12. The number of unbranched alkanes of at least 4 members (excludes halogenated alkanes) is 1. The van der Waals surface area contributed by atoms with Crippen LogP contribution in [0.1, 0.15) is 46.9 Å². The molecule has 22 heavy (non-hydrogen) atoms. The number of carbonyl (C=O) groups is 3. The minimum atomic E-state index is -1.06. The second-order valence-corrected chi connectivity index (χ2v) is 5.09. The number of nitrogens with one attached hydrogen (secondary N) is 2. The van der Waals surface area contributed by atoms with Crippen molar-refractivity contribution >= 4 is 17.7 Å². The van der Waals surface area contributed by atoms with E-state index in [0.29, 0.717) is 12.1 Å². The van der Waals surface area contributed by atoms with Crippen LogP contribution in [0.3, 0.4) is 0 Å². The van der Waals surface area contributed by atoms with Crippen molar-refractivity contribution in [2.24, 2.45) is 0 Å². The second-order valence-electron chi connectivity index (χ2n) is 5.09. The van der Waals surface area contributed by atoms with Gasteiger partial charge in [-0.15, -0.1) is 0 Å². The van der Waals surface area contributed by atoms with Crippen LogP contribution in [0.4, 0.5) is 0 Å². The van der Waals surface area contributed by atoms with Gasteiger partial charge in [0.05, 0.1) is 11.6 Å². The van der Waals surface area contributed by atoms with Crippen molar-refractivity contribution in [3.05, 3.63) is 35.4 Å². The summed E-state index contributed by atoms with van der Waals surface area (Å²) in [6.45, 7) is 2.04. The highest BCUT2D eigenvalue weighted by atomic mass is 16.4. The lowest BCUT2D eigenvalue weighted by molar-refractivity contribution is -0.119. The molecule has 1 atom stereocenters. The quantitative estimate of drug-likeness (QED) is 0.600. The smallest absolute Gasteiger partial charge is 0.335 e. The molecule has 0 fully saturated rings. The van der Waals surface area contributed by atoms with Crippen LogP contribution in [-0.2, 0) is 4.79 Å². The normalized spacial score (nSPS) is 11.7. The Morgan fingerprint density at radius 2 is 1.86 bits per heavy atom. The van der Waals surface area contributed by atoms with Crippen molar-refractivity contribution in [2.45, 2.75) is 32.2 Å². The maximum Gasteiger partial charge on any atom is 0.335 e. The molecule has 0 saturated carbocycles. The molecule has 0 spiro atoms. The van der Waals surface area contributed by atoms with Crippen molar-refractivity contribution in [2.75, 3.05) is 13.6 Å². The lowest BCUT2D eigenvalue weighted by atomic mass is 10.1. The third kappa shape index (κ3) is 5.65. The van der Waals surface area contributed by atoms with E-state index in [1.54, 1.807) is 26.1 Å². The highest BCUT2D eigenvalue weighted by Crippen LogP contribution is 2.06. The third-order valence-corrected chi connectivity index (χ3v) is 3.42. The van der Waals surface area contributed by atoms with Gasteiger partial charge in [0, 0.05) is 12.1 Å². The molecule has 0 saturated heterocycles. The summed E-state index contributed by atoms with van der Waals surface area (Å²) >= 11 is 0. The van der Waals surface area contributed by atoms with E-state index in [1.807, 2.05) is 0 Å². The molecule has 1 rings (SSSR count). The maximum atomic E-state index is 11.9. The number of hydrogen-bond donors (Lipinski definition) is 3. The van der Waals surface area contributed by atoms with E-state index in [2.05, 4.69) is 10.6 Å². The van der Waals surface area contributed by atoms with Crippen LogP contribution in [0.5, 0.6) is 0 Å². The van der Waals surface area contributed by atoms with E-state index in [0.717, 1.165) is 19.3 Å². The largest absolute Gasteiger partial charge is 0.478 e. The monoisotopic (exact) mass is 306 g/mol. The SMILES string of the molecule is CN[C@@H](CCCCNC(=O)c1cccc(C(=O)O)c1)C(C)=O. The molecule has 0 aliphatic heterocycles. The maximum absolute atomic E-state index is 11.9. The number of hydrogen-bond acceptors (Lipinski definition) is 4. The number of likely N-dealkylation sites (N-methyl/N-ethyl adjacent to an activating group) is 1. The number of ketones is 1. The zero-order chi connectivity index (χ0) is 16.5. The molecule has 120 valence electrons. The molecule has 1 amide bonds. The Bertz CT molecular complexity index is 543. The second kappa shape index (κ2) is 8.94. The van der Waals surface area contributed by atoms with Crippen LogP contribution in [-0.4, -0.2) is 42.4 Å². The van der Waals surface area contributed by atoms with Gasteiger partial charge in [0.1, 0.15) is 5.78 Å². The molecular weight excluding hydrogens is 284 g/mol. The van der Waals surface area contributed by atoms with Crippen molar-refractivity contribution in [3.8, 4) is 0 Å². The Morgan fingerprint density at radius 1 is 1.18 bits per heavy atom. The van der Waals surface area contributed by atoms with Gasteiger partial charge < -0.3 is 15.7 Å². The van der Waals surface area contributed by atoms with Gasteiger partial charge in [0.2, 0.25) is 0 Å². The van der Waals surface area contributed by atoms with Gasteiger partial charge in [-0.05, 0) is 51.4 Å². The molecule has 1 aromatic rings. The van der Waals surface area contributed by atoms with E-state index in [1.165, 1.54) is 12.1 Å². The van der Waals surface area contributed by atoms with Crippen LogP contribution < -0.4 is 10.6 Å². The zero-order valence-electron chi connectivity index (χ0n) is 12.9. The first kappa shape index (κ1) is 17.8. The first-order chi connectivity index (χ1) is 10.5. The number of rotatable bonds is 9. The Balaban J connectivity index is 2.36. The summed E-state index contributed by atoms with van der Waals surface area (Å²) in [6.07, 6.45) is 2.31. The fourth-order valence-electron chi connectivity index (χ4n) is 2.12. The summed E-state index contributed by atoms with van der Waals surface area (Å²) in [4.78, 5) is 34.0. The van der Waals surface area contributed by atoms with Crippen LogP contribution in [0, 0.1) is 0 Å². The number of aromatic carboxylic acids is 1. The van der Waals surface area contributed by atoms with Gasteiger partial charge in [-0.25, -0.2) is 4.79 Å². The van der Waals surface area contributed by atoms with Crippen LogP contribution in [0.2, 0.25) is 0 Å². The lowest BCUT2D eigenvalue weighted by Crippen LogP contribution is -2.32. The standard InChI is InChI=1S/C16H22N2O4/c1-11(19)14(17-2)8-3-4-9-18-15(20)12-6-5-7-13(10-12)16(21)22/h5-7,10,14,17H,3-4,8-9H2,1-2H3,(H,18,20)(H,21,22)/t14-/m0/s1. The van der Waals surface area contributed by atoms with Gasteiger partial charge in [0.15, 0.2) is 0 Å². The summed E-state index contributed by atoms with van der Waals surface area (Å²) in [5.74, 6) is -1.24. The summed E-state index contributed by atoms with van der Waals surface area (Å²) in [5, 5.41) is 14.6. The molecule has 1 aromatic carbocycles. The topological polar surface area (TPSA) is 95.5 Å². The highest BCUT2D eigenvalue weighted by Gasteiger charge is 2.11. The summed E-state index contributed by atoms with van der Waals surface area (Å²) < 4.78 is 0. The minimum absolute atomic E-state index is 0.0889. The van der Waals surface area contributed by atoms with Gasteiger partial charge in [-0.2, -0.15) is 0 Å². The number of carbonyl (C=O) groups excluding carboxylic acids is 2. The van der Waals surface area contributed by atoms with Gasteiger partial charge in [-0.3, -0.25) is 9.59 Å². The fraction of sp³-hybridized carbons (Fsp3) is 0.438. The third-order valence-electron chi connectivity index (χ3n) is 3.42. The predicted octanol–water partition coefficient (Wildman–Crippen LogP) is 1.46. The summed E-state index contributed by atoms with van der Waals surface area (Å²) in [6, 6.07) is 5.78. The Kier molecular flexibility index (Phi) is 7.25. The average molecular weight is 306 g/mol. The van der Waals surface area contributed by atoms with Crippen LogP contribution in [0.25, 0.3) is 0 Å². The summed E-state index contributed by atoms with van der Waals surface area (Å²) in [7, 11) is 1.75. The number of benzene rings is 1.